The lowest BCUT2D eigenvalue weighted by Crippen LogP contribution is -2.58. The van der Waals surface area contributed by atoms with Crippen LogP contribution in [0.15, 0.2) is 18.2 Å². The van der Waals surface area contributed by atoms with Crippen LogP contribution in [0.5, 0.6) is 5.75 Å². The summed E-state index contributed by atoms with van der Waals surface area (Å²) in [7, 11) is 1.53. The van der Waals surface area contributed by atoms with Crippen LogP contribution in [-0.4, -0.2) is 31.5 Å². The van der Waals surface area contributed by atoms with Crippen LogP contribution >= 0.6 is 11.6 Å². The Balaban J connectivity index is 2.28. The molecule has 0 radical (unpaired) electrons. The number of hydrogen-bond donors (Lipinski definition) is 1. The van der Waals surface area contributed by atoms with Gasteiger partial charge >= 0.3 is 0 Å². The zero-order chi connectivity index (χ0) is 14.7. The van der Waals surface area contributed by atoms with Crippen molar-refractivity contribution in [3.63, 3.8) is 0 Å². The molecule has 2 amide bonds. The maximum atomic E-state index is 12.4. The predicted molar refractivity (Wildman–Crippen MR) is 77.2 cm³/mol. The van der Waals surface area contributed by atoms with Crippen LogP contribution in [0.3, 0.4) is 0 Å². The summed E-state index contributed by atoms with van der Waals surface area (Å²) in [5, 5.41) is 3.13. The Hall–Kier alpha value is -1.75. The number of nitrogens with one attached hydrogen (secondary N) is 1. The maximum absolute atomic E-state index is 12.4. The minimum atomic E-state index is -0.456. The van der Waals surface area contributed by atoms with Gasteiger partial charge in [-0.05, 0) is 24.6 Å². The first-order chi connectivity index (χ1) is 9.56. The molecule has 1 saturated heterocycles. The predicted octanol–water partition coefficient (Wildman–Crippen LogP) is 1.98. The third-order valence-corrected chi connectivity index (χ3v) is 3.52. The summed E-state index contributed by atoms with van der Waals surface area (Å²) in [5.74, 6) is 0.275. The van der Waals surface area contributed by atoms with Gasteiger partial charge in [0.2, 0.25) is 11.8 Å². The molecule has 0 aliphatic carbocycles. The van der Waals surface area contributed by atoms with Gasteiger partial charge in [-0.1, -0.05) is 24.9 Å². The Morgan fingerprint density at radius 1 is 1.45 bits per heavy atom. The summed E-state index contributed by atoms with van der Waals surface area (Å²) < 4.78 is 5.08. The summed E-state index contributed by atoms with van der Waals surface area (Å²) in [6.07, 6.45) is 1.46. The average molecular weight is 297 g/mol. The van der Waals surface area contributed by atoms with Gasteiger partial charge in [0.1, 0.15) is 18.3 Å². The molecule has 1 atom stereocenters. The van der Waals surface area contributed by atoms with Crippen LogP contribution in [0.1, 0.15) is 19.8 Å². The molecule has 0 spiro atoms. The van der Waals surface area contributed by atoms with Crippen LogP contribution < -0.4 is 15.0 Å². The van der Waals surface area contributed by atoms with Crippen molar-refractivity contribution in [2.45, 2.75) is 25.8 Å². The SMILES string of the molecule is CCCC1NC(=O)CN(c2ccc(OC)c(Cl)c2)C1=O. The highest BCUT2D eigenvalue weighted by Gasteiger charge is 2.32. The van der Waals surface area contributed by atoms with Crippen molar-refractivity contribution in [2.24, 2.45) is 0 Å². The maximum Gasteiger partial charge on any atom is 0.250 e. The lowest BCUT2D eigenvalue weighted by molar-refractivity contribution is -0.131. The van der Waals surface area contributed by atoms with Crippen molar-refractivity contribution < 1.29 is 14.3 Å². The number of carbonyl (C=O) groups excluding carboxylic acids is 2. The van der Waals surface area contributed by atoms with Crippen LogP contribution in [0.25, 0.3) is 0 Å². The van der Waals surface area contributed by atoms with E-state index < -0.39 is 6.04 Å². The normalized spacial score (nSPS) is 18.9. The molecule has 1 unspecified atom stereocenters. The number of amides is 2. The largest absolute Gasteiger partial charge is 0.495 e. The summed E-state index contributed by atoms with van der Waals surface area (Å²) >= 11 is 6.07. The molecule has 1 fully saturated rings. The minimum Gasteiger partial charge on any atom is -0.495 e. The van der Waals surface area contributed by atoms with Gasteiger partial charge in [0.15, 0.2) is 0 Å². The molecule has 1 aromatic rings. The summed E-state index contributed by atoms with van der Waals surface area (Å²) in [4.78, 5) is 25.5. The molecule has 1 aliphatic rings. The topological polar surface area (TPSA) is 58.6 Å². The first kappa shape index (κ1) is 14.7. The van der Waals surface area contributed by atoms with E-state index in [9.17, 15) is 9.59 Å². The molecule has 6 heteroatoms. The summed E-state index contributed by atoms with van der Waals surface area (Å²) in [5.41, 5.74) is 0.608. The Labute approximate surface area is 122 Å². The second kappa shape index (κ2) is 6.13. The van der Waals surface area contributed by atoms with Crippen molar-refractivity contribution in [1.82, 2.24) is 5.32 Å². The highest BCUT2D eigenvalue weighted by Crippen LogP contribution is 2.30. The Morgan fingerprint density at radius 3 is 2.80 bits per heavy atom. The number of rotatable bonds is 4. The van der Waals surface area contributed by atoms with Crippen molar-refractivity contribution in [2.75, 3.05) is 18.6 Å². The number of piperazine rings is 1. The van der Waals surface area contributed by atoms with E-state index in [1.165, 1.54) is 12.0 Å². The third kappa shape index (κ3) is 2.88. The van der Waals surface area contributed by atoms with E-state index in [0.29, 0.717) is 22.9 Å². The zero-order valence-corrected chi connectivity index (χ0v) is 12.2. The number of benzene rings is 1. The van der Waals surface area contributed by atoms with Crippen molar-refractivity contribution >= 4 is 29.1 Å². The second-order valence-electron chi connectivity index (χ2n) is 4.65. The Bertz CT molecular complexity index is 533. The van der Waals surface area contributed by atoms with E-state index in [0.717, 1.165) is 6.42 Å². The molecule has 1 heterocycles. The lowest BCUT2D eigenvalue weighted by Gasteiger charge is -2.32. The van der Waals surface area contributed by atoms with E-state index in [4.69, 9.17) is 16.3 Å². The molecule has 0 aromatic heterocycles. The quantitative estimate of drug-likeness (QED) is 0.924. The van der Waals surface area contributed by atoms with Crippen LogP contribution in [0.4, 0.5) is 5.69 Å². The van der Waals surface area contributed by atoms with Gasteiger partial charge in [-0.15, -0.1) is 0 Å². The Kier molecular flexibility index (Phi) is 4.49. The zero-order valence-electron chi connectivity index (χ0n) is 11.5. The number of ether oxygens (including phenoxy) is 1. The fourth-order valence-corrected chi connectivity index (χ4v) is 2.49. The monoisotopic (exact) mass is 296 g/mol. The van der Waals surface area contributed by atoms with E-state index in [2.05, 4.69) is 5.32 Å². The number of anilines is 1. The smallest absolute Gasteiger partial charge is 0.250 e. The van der Waals surface area contributed by atoms with E-state index >= 15 is 0 Å². The molecule has 0 bridgehead atoms. The fraction of sp³-hybridized carbons (Fsp3) is 0.429. The summed E-state index contributed by atoms with van der Waals surface area (Å²) in [6, 6.07) is 4.60. The van der Waals surface area contributed by atoms with Crippen molar-refractivity contribution in [3.8, 4) is 5.75 Å². The number of methoxy groups -OCH3 is 1. The molecule has 108 valence electrons. The molecule has 5 nitrogen and oxygen atoms in total. The second-order valence-corrected chi connectivity index (χ2v) is 5.06. The van der Waals surface area contributed by atoms with E-state index in [1.54, 1.807) is 18.2 Å². The number of nitrogens with zero attached hydrogens (tertiary/aromatic N) is 1. The highest BCUT2D eigenvalue weighted by atomic mass is 35.5. The molecule has 1 N–H and O–H groups in total. The first-order valence-corrected chi connectivity index (χ1v) is 6.89. The fourth-order valence-electron chi connectivity index (χ4n) is 2.24. The molecule has 2 rings (SSSR count). The number of carbonyl (C=O) groups is 2. The van der Waals surface area contributed by atoms with E-state index in [-0.39, 0.29) is 18.4 Å². The van der Waals surface area contributed by atoms with Gasteiger partial charge in [0.25, 0.3) is 0 Å². The standard InChI is InChI=1S/C14H17ClN2O3/c1-3-4-11-14(19)17(8-13(18)16-11)9-5-6-12(20-2)10(15)7-9/h5-7,11H,3-4,8H2,1-2H3,(H,16,18). The molecular weight excluding hydrogens is 280 g/mol. The first-order valence-electron chi connectivity index (χ1n) is 6.51. The van der Waals surface area contributed by atoms with Gasteiger partial charge in [-0.3, -0.25) is 9.59 Å². The van der Waals surface area contributed by atoms with Crippen molar-refractivity contribution in [3.05, 3.63) is 23.2 Å². The van der Waals surface area contributed by atoms with E-state index in [1.807, 2.05) is 6.92 Å². The lowest BCUT2D eigenvalue weighted by atomic mass is 10.1. The van der Waals surface area contributed by atoms with Gasteiger partial charge in [0.05, 0.1) is 12.1 Å². The highest BCUT2D eigenvalue weighted by molar-refractivity contribution is 6.32. The minimum absolute atomic E-state index is 0.0156. The third-order valence-electron chi connectivity index (χ3n) is 3.23. The summed E-state index contributed by atoms with van der Waals surface area (Å²) in [6.45, 7) is 1.99. The van der Waals surface area contributed by atoms with Gasteiger partial charge < -0.3 is 15.0 Å². The molecule has 0 saturated carbocycles. The number of halogens is 1. The molecule has 1 aliphatic heterocycles. The van der Waals surface area contributed by atoms with Gasteiger partial charge in [0, 0.05) is 5.69 Å². The molecule has 1 aromatic carbocycles. The average Bonchev–Trinajstić information content (AvgIpc) is 2.42. The van der Waals surface area contributed by atoms with Crippen LogP contribution in [0, 0.1) is 0 Å². The van der Waals surface area contributed by atoms with Crippen LogP contribution in [0.2, 0.25) is 5.02 Å². The van der Waals surface area contributed by atoms with Gasteiger partial charge in [-0.25, -0.2) is 0 Å². The molecule has 20 heavy (non-hydrogen) atoms. The van der Waals surface area contributed by atoms with Crippen molar-refractivity contribution in [1.29, 1.82) is 0 Å². The molecular formula is C14H17ClN2O3. The Morgan fingerprint density at radius 2 is 2.20 bits per heavy atom. The number of hydrogen-bond acceptors (Lipinski definition) is 3. The van der Waals surface area contributed by atoms with Gasteiger partial charge in [-0.2, -0.15) is 0 Å². The van der Waals surface area contributed by atoms with Crippen LogP contribution in [-0.2, 0) is 9.59 Å².